The van der Waals surface area contributed by atoms with Gasteiger partial charge in [0.1, 0.15) is 5.69 Å². The molecule has 1 saturated heterocycles. The Morgan fingerprint density at radius 1 is 1.20 bits per heavy atom. The monoisotopic (exact) mass is 265 g/mol. The van der Waals surface area contributed by atoms with E-state index in [2.05, 4.69) is 22.1 Å². The molecule has 2 atom stereocenters. The van der Waals surface area contributed by atoms with E-state index in [-0.39, 0.29) is 11.9 Å². The van der Waals surface area contributed by atoms with Crippen LogP contribution in [0.15, 0.2) is 42.6 Å². The van der Waals surface area contributed by atoms with Gasteiger partial charge in [-0.25, -0.2) is 4.98 Å². The van der Waals surface area contributed by atoms with Crippen LogP contribution in [-0.2, 0) is 0 Å². The van der Waals surface area contributed by atoms with E-state index in [1.54, 1.807) is 6.20 Å². The van der Waals surface area contributed by atoms with Crippen molar-refractivity contribution in [3.63, 3.8) is 0 Å². The molecule has 2 aliphatic heterocycles. The molecule has 20 heavy (non-hydrogen) atoms. The number of benzene rings is 1. The Kier molecular flexibility index (Phi) is 2.55. The van der Waals surface area contributed by atoms with Gasteiger partial charge < -0.3 is 4.90 Å². The van der Waals surface area contributed by atoms with Gasteiger partial charge in [0.2, 0.25) is 0 Å². The molecule has 3 heterocycles. The number of hydrogen-bond donors (Lipinski definition) is 0. The van der Waals surface area contributed by atoms with Crippen molar-refractivity contribution in [1.82, 2.24) is 14.9 Å². The van der Waals surface area contributed by atoms with Gasteiger partial charge in [0, 0.05) is 6.04 Å². The van der Waals surface area contributed by atoms with Crippen LogP contribution in [0.4, 0.5) is 0 Å². The van der Waals surface area contributed by atoms with Crippen LogP contribution >= 0.6 is 0 Å². The maximum Gasteiger partial charge on any atom is 0.274 e. The van der Waals surface area contributed by atoms with E-state index in [9.17, 15) is 4.79 Å². The minimum Gasteiger partial charge on any atom is -0.328 e. The molecular formula is C16H15N3O. The molecular weight excluding hydrogens is 250 g/mol. The number of rotatable bonds is 1. The standard InChI is InChI=1S/C16H15N3O/c20-16(19-11-4-3-5-12(19)9-8-11)15-10-17-13-6-1-2-7-14(13)18-15/h1-4,6-7,10-12H,5,8-9H2. The summed E-state index contributed by atoms with van der Waals surface area (Å²) in [5.74, 6) is 0.0140. The summed E-state index contributed by atoms with van der Waals surface area (Å²) in [5.41, 5.74) is 2.06. The average molecular weight is 265 g/mol. The van der Waals surface area contributed by atoms with Crippen LogP contribution in [0.5, 0.6) is 0 Å². The second-order valence-corrected chi connectivity index (χ2v) is 5.42. The van der Waals surface area contributed by atoms with Crippen molar-refractivity contribution in [3.8, 4) is 0 Å². The summed E-state index contributed by atoms with van der Waals surface area (Å²) < 4.78 is 0. The van der Waals surface area contributed by atoms with Crippen molar-refractivity contribution in [1.29, 1.82) is 0 Å². The van der Waals surface area contributed by atoms with Gasteiger partial charge in [-0.05, 0) is 31.4 Å². The number of carbonyl (C=O) groups excluding carboxylic acids is 1. The molecule has 0 radical (unpaired) electrons. The molecule has 2 bridgehead atoms. The molecule has 0 aliphatic carbocycles. The van der Waals surface area contributed by atoms with Crippen molar-refractivity contribution in [2.45, 2.75) is 31.3 Å². The summed E-state index contributed by atoms with van der Waals surface area (Å²) >= 11 is 0. The zero-order valence-electron chi connectivity index (χ0n) is 11.1. The number of nitrogens with zero attached hydrogens (tertiary/aromatic N) is 3. The Labute approximate surface area is 117 Å². The van der Waals surface area contributed by atoms with Crippen LogP contribution < -0.4 is 0 Å². The fourth-order valence-electron chi connectivity index (χ4n) is 3.23. The maximum atomic E-state index is 12.7. The first-order valence-corrected chi connectivity index (χ1v) is 7.04. The number of para-hydroxylation sites is 2. The topological polar surface area (TPSA) is 46.1 Å². The van der Waals surface area contributed by atoms with Crippen LogP contribution in [0.3, 0.4) is 0 Å². The van der Waals surface area contributed by atoms with E-state index in [0.29, 0.717) is 11.7 Å². The predicted molar refractivity (Wildman–Crippen MR) is 76.3 cm³/mol. The summed E-state index contributed by atoms with van der Waals surface area (Å²) in [6.07, 6.45) is 9.05. The third-order valence-electron chi connectivity index (χ3n) is 4.21. The van der Waals surface area contributed by atoms with Crippen LogP contribution in [0.2, 0.25) is 0 Å². The number of hydrogen-bond acceptors (Lipinski definition) is 3. The highest BCUT2D eigenvalue weighted by molar-refractivity contribution is 5.94. The lowest BCUT2D eigenvalue weighted by atomic mass is 10.1. The van der Waals surface area contributed by atoms with Gasteiger partial charge >= 0.3 is 0 Å². The fourth-order valence-corrected chi connectivity index (χ4v) is 3.23. The van der Waals surface area contributed by atoms with Gasteiger partial charge in [0.25, 0.3) is 5.91 Å². The normalized spacial score (nSPS) is 24.3. The molecule has 0 saturated carbocycles. The van der Waals surface area contributed by atoms with Gasteiger partial charge in [0.15, 0.2) is 0 Å². The molecule has 1 fully saturated rings. The van der Waals surface area contributed by atoms with E-state index in [1.807, 2.05) is 29.2 Å². The third-order valence-corrected chi connectivity index (χ3v) is 4.21. The van der Waals surface area contributed by atoms with Crippen molar-refractivity contribution in [2.75, 3.05) is 0 Å². The minimum atomic E-state index is 0.0140. The van der Waals surface area contributed by atoms with Gasteiger partial charge in [0.05, 0.1) is 23.3 Å². The van der Waals surface area contributed by atoms with Crippen LogP contribution in [0, 0.1) is 0 Å². The molecule has 4 heteroatoms. The predicted octanol–water partition coefficient (Wildman–Crippen LogP) is 2.56. The minimum absolute atomic E-state index is 0.0140. The maximum absolute atomic E-state index is 12.7. The fraction of sp³-hybridized carbons (Fsp3) is 0.312. The SMILES string of the molecule is O=C(c1cnc2ccccc2n1)N1C2C=CCC1CC2. The third kappa shape index (κ3) is 1.72. The van der Waals surface area contributed by atoms with Gasteiger partial charge in [-0.15, -0.1) is 0 Å². The molecule has 2 aromatic rings. The quantitative estimate of drug-likeness (QED) is 0.744. The Hall–Kier alpha value is -2.23. The lowest BCUT2D eigenvalue weighted by molar-refractivity contribution is 0.0683. The average Bonchev–Trinajstić information content (AvgIpc) is 2.75. The molecule has 0 N–H and O–H groups in total. The number of aromatic nitrogens is 2. The van der Waals surface area contributed by atoms with Crippen LogP contribution in [-0.4, -0.2) is 32.9 Å². The van der Waals surface area contributed by atoms with Crippen molar-refractivity contribution in [2.24, 2.45) is 0 Å². The molecule has 4 nitrogen and oxygen atoms in total. The van der Waals surface area contributed by atoms with E-state index in [0.717, 1.165) is 30.3 Å². The van der Waals surface area contributed by atoms with Crippen molar-refractivity contribution < 1.29 is 4.79 Å². The first-order valence-electron chi connectivity index (χ1n) is 7.04. The van der Waals surface area contributed by atoms with E-state index in [1.165, 1.54) is 0 Å². The smallest absolute Gasteiger partial charge is 0.274 e. The van der Waals surface area contributed by atoms with Crippen molar-refractivity contribution >= 4 is 16.9 Å². The van der Waals surface area contributed by atoms with E-state index in [4.69, 9.17) is 0 Å². The summed E-state index contributed by atoms with van der Waals surface area (Å²) in [4.78, 5) is 23.5. The highest BCUT2D eigenvalue weighted by atomic mass is 16.2. The Morgan fingerprint density at radius 2 is 2.05 bits per heavy atom. The van der Waals surface area contributed by atoms with E-state index >= 15 is 0 Å². The van der Waals surface area contributed by atoms with Gasteiger partial charge in [-0.2, -0.15) is 0 Å². The van der Waals surface area contributed by atoms with E-state index < -0.39 is 0 Å². The summed E-state index contributed by atoms with van der Waals surface area (Å²) in [6.45, 7) is 0. The highest BCUT2D eigenvalue weighted by Crippen LogP contribution is 2.32. The summed E-state index contributed by atoms with van der Waals surface area (Å²) in [7, 11) is 0. The highest BCUT2D eigenvalue weighted by Gasteiger charge is 2.38. The van der Waals surface area contributed by atoms with Crippen LogP contribution in [0.25, 0.3) is 11.0 Å². The first-order chi connectivity index (χ1) is 9.83. The zero-order valence-corrected chi connectivity index (χ0v) is 11.1. The lowest BCUT2D eigenvalue weighted by Crippen LogP contribution is -2.42. The molecule has 1 aromatic carbocycles. The largest absolute Gasteiger partial charge is 0.328 e. The molecule has 100 valence electrons. The molecule has 4 rings (SSSR count). The summed E-state index contributed by atoms with van der Waals surface area (Å²) in [5, 5.41) is 0. The molecule has 2 unspecified atom stereocenters. The molecule has 2 aliphatic rings. The summed E-state index contributed by atoms with van der Waals surface area (Å²) in [6, 6.07) is 8.22. The molecule has 1 aromatic heterocycles. The Balaban J connectivity index is 1.72. The second kappa shape index (κ2) is 4.40. The van der Waals surface area contributed by atoms with Crippen LogP contribution in [0.1, 0.15) is 29.8 Å². The second-order valence-electron chi connectivity index (χ2n) is 5.42. The Bertz CT molecular complexity index is 710. The van der Waals surface area contributed by atoms with Crippen molar-refractivity contribution in [3.05, 3.63) is 48.3 Å². The zero-order chi connectivity index (χ0) is 13.5. The molecule has 0 spiro atoms. The van der Waals surface area contributed by atoms with Gasteiger partial charge in [-0.3, -0.25) is 9.78 Å². The number of fused-ring (bicyclic) bond motifs is 3. The number of amides is 1. The Morgan fingerprint density at radius 3 is 2.90 bits per heavy atom. The first kappa shape index (κ1) is 11.6. The number of carbonyl (C=O) groups is 1. The lowest BCUT2D eigenvalue weighted by Gasteiger charge is -2.31. The molecule has 1 amide bonds. The van der Waals surface area contributed by atoms with Gasteiger partial charge in [-0.1, -0.05) is 24.3 Å².